The van der Waals surface area contributed by atoms with Gasteiger partial charge in [-0.05, 0) is 54.9 Å². The normalized spacial score (nSPS) is 13.8. The molecule has 0 aliphatic carbocycles. The van der Waals surface area contributed by atoms with Crippen LogP contribution in [0.1, 0.15) is 19.4 Å². The van der Waals surface area contributed by atoms with Crippen molar-refractivity contribution in [1.82, 2.24) is 10.3 Å². The van der Waals surface area contributed by atoms with Crippen molar-refractivity contribution in [3.63, 3.8) is 0 Å². The van der Waals surface area contributed by atoms with Crippen molar-refractivity contribution in [2.24, 2.45) is 0 Å². The molecule has 1 unspecified atom stereocenters. The first-order valence-corrected chi connectivity index (χ1v) is 6.10. The molecule has 1 N–H and O–H groups in total. The Bertz CT molecular complexity index is 342. The monoisotopic (exact) mass is 286 g/mol. The number of likely N-dealkylation sites (N-methyl/N-ethyl adjacent to an activating group) is 1. The molecular weight excluding hydrogens is 268 g/mol. The number of hydrogen-bond acceptors (Lipinski definition) is 3. The zero-order chi connectivity index (χ0) is 12.2. The molecule has 0 saturated carbocycles. The second-order valence-electron chi connectivity index (χ2n) is 4.36. The van der Waals surface area contributed by atoms with Crippen LogP contribution in [0.15, 0.2) is 22.9 Å². The van der Waals surface area contributed by atoms with E-state index < -0.39 is 0 Å². The summed E-state index contributed by atoms with van der Waals surface area (Å²) in [5.74, 6) is 0. The van der Waals surface area contributed by atoms with Crippen molar-refractivity contribution in [3.05, 3.63) is 28.5 Å². The highest BCUT2D eigenvalue weighted by atomic mass is 79.9. The van der Waals surface area contributed by atoms with Crippen LogP contribution in [0.2, 0.25) is 0 Å². The summed E-state index contributed by atoms with van der Waals surface area (Å²) in [4.78, 5) is 4.16. The van der Waals surface area contributed by atoms with Gasteiger partial charge in [0.1, 0.15) is 0 Å². The highest BCUT2D eigenvalue weighted by molar-refractivity contribution is 9.10. The second kappa shape index (κ2) is 5.75. The molecule has 0 saturated heterocycles. The Balaban J connectivity index is 2.78. The molecule has 0 aliphatic rings. The molecule has 1 aromatic rings. The van der Waals surface area contributed by atoms with E-state index >= 15 is 0 Å². The first-order valence-electron chi connectivity index (χ1n) is 5.31. The van der Waals surface area contributed by atoms with Crippen LogP contribution in [-0.2, 0) is 11.2 Å². The molecule has 0 radical (unpaired) electrons. The van der Waals surface area contributed by atoms with E-state index in [2.05, 4.69) is 46.1 Å². The summed E-state index contributed by atoms with van der Waals surface area (Å²) >= 11 is 3.43. The van der Waals surface area contributed by atoms with Crippen LogP contribution >= 0.6 is 15.9 Å². The van der Waals surface area contributed by atoms with E-state index in [-0.39, 0.29) is 11.6 Å². The van der Waals surface area contributed by atoms with E-state index in [1.54, 1.807) is 13.3 Å². The van der Waals surface area contributed by atoms with Gasteiger partial charge in [-0.25, -0.2) is 0 Å². The average Bonchev–Trinajstić information content (AvgIpc) is 2.25. The molecule has 0 amide bonds. The first-order chi connectivity index (χ1) is 7.49. The van der Waals surface area contributed by atoms with Crippen LogP contribution in [0.5, 0.6) is 0 Å². The predicted molar refractivity (Wildman–Crippen MR) is 69.6 cm³/mol. The van der Waals surface area contributed by atoms with Crippen LogP contribution in [0.4, 0.5) is 0 Å². The van der Waals surface area contributed by atoms with Crippen LogP contribution in [0.3, 0.4) is 0 Å². The van der Waals surface area contributed by atoms with Crippen molar-refractivity contribution < 1.29 is 4.74 Å². The van der Waals surface area contributed by atoms with E-state index in [9.17, 15) is 0 Å². The molecule has 16 heavy (non-hydrogen) atoms. The van der Waals surface area contributed by atoms with Gasteiger partial charge in [-0.15, -0.1) is 0 Å². The van der Waals surface area contributed by atoms with Crippen LogP contribution in [-0.4, -0.2) is 30.8 Å². The Morgan fingerprint density at radius 2 is 2.19 bits per heavy atom. The predicted octanol–water partition coefficient (Wildman–Crippen LogP) is 2.40. The van der Waals surface area contributed by atoms with Gasteiger partial charge in [-0.1, -0.05) is 0 Å². The number of aromatic nitrogens is 1. The molecular formula is C12H19BrN2O. The number of ether oxygens (including phenoxy) is 1. The average molecular weight is 287 g/mol. The fraction of sp³-hybridized carbons (Fsp3) is 0.583. The Morgan fingerprint density at radius 1 is 1.50 bits per heavy atom. The number of pyridine rings is 1. The zero-order valence-corrected chi connectivity index (χ0v) is 11.8. The Hall–Kier alpha value is -0.450. The maximum Gasteiger partial charge on any atom is 0.0778 e. The van der Waals surface area contributed by atoms with Crippen molar-refractivity contribution in [1.29, 1.82) is 0 Å². The molecule has 0 fully saturated rings. The second-order valence-corrected chi connectivity index (χ2v) is 5.28. The standard InChI is InChI=1S/C12H19BrN2O/c1-12(2,16-4)11(14-3)6-9-5-10(13)8-15-7-9/h5,7-8,11,14H,6H2,1-4H3. The molecule has 4 heteroatoms. The number of nitrogens with zero attached hydrogens (tertiary/aromatic N) is 1. The summed E-state index contributed by atoms with van der Waals surface area (Å²) < 4.78 is 6.51. The summed E-state index contributed by atoms with van der Waals surface area (Å²) in [6, 6.07) is 2.34. The fourth-order valence-electron chi connectivity index (χ4n) is 1.64. The van der Waals surface area contributed by atoms with Gasteiger partial charge in [0.2, 0.25) is 0 Å². The van der Waals surface area contributed by atoms with Gasteiger partial charge in [-0.2, -0.15) is 0 Å². The van der Waals surface area contributed by atoms with E-state index in [1.165, 1.54) is 5.56 Å². The number of methoxy groups -OCH3 is 1. The minimum absolute atomic E-state index is 0.197. The lowest BCUT2D eigenvalue weighted by atomic mass is 9.93. The number of rotatable bonds is 5. The molecule has 90 valence electrons. The third-order valence-electron chi connectivity index (χ3n) is 2.92. The maximum atomic E-state index is 5.50. The molecule has 0 aromatic carbocycles. The molecule has 1 aromatic heterocycles. The molecule has 3 nitrogen and oxygen atoms in total. The summed E-state index contributed by atoms with van der Waals surface area (Å²) in [5.41, 5.74) is 0.996. The zero-order valence-electron chi connectivity index (χ0n) is 10.2. The minimum atomic E-state index is -0.197. The lowest BCUT2D eigenvalue weighted by molar-refractivity contribution is -0.00799. The van der Waals surface area contributed by atoms with Gasteiger partial charge >= 0.3 is 0 Å². The fourth-order valence-corrected chi connectivity index (χ4v) is 2.05. The number of hydrogen-bond donors (Lipinski definition) is 1. The Labute approximate surface area is 106 Å². The number of nitrogens with one attached hydrogen (secondary N) is 1. The number of halogens is 1. The van der Waals surface area contributed by atoms with Crippen molar-refractivity contribution in [2.45, 2.75) is 31.9 Å². The van der Waals surface area contributed by atoms with E-state index in [4.69, 9.17) is 4.74 Å². The van der Waals surface area contributed by atoms with E-state index in [1.807, 2.05) is 13.2 Å². The van der Waals surface area contributed by atoms with Crippen LogP contribution in [0.25, 0.3) is 0 Å². The third kappa shape index (κ3) is 3.54. The van der Waals surface area contributed by atoms with E-state index in [0.29, 0.717) is 0 Å². The Morgan fingerprint density at radius 3 is 2.69 bits per heavy atom. The molecule has 0 bridgehead atoms. The molecule has 0 aliphatic heterocycles. The highest BCUT2D eigenvalue weighted by Crippen LogP contribution is 2.19. The Kier molecular flexibility index (Phi) is 4.89. The topological polar surface area (TPSA) is 34.2 Å². The van der Waals surface area contributed by atoms with Crippen LogP contribution in [0, 0.1) is 0 Å². The SMILES string of the molecule is CNC(Cc1cncc(Br)c1)C(C)(C)OC. The van der Waals surface area contributed by atoms with Crippen molar-refractivity contribution in [3.8, 4) is 0 Å². The van der Waals surface area contributed by atoms with Crippen molar-refractivity contribution in [2.75, 3.05) is 14.2 Å². The van der Waals surface area contributed by atoms with Gasteiger partial charge in [0.05, 0.1) is 5.60 Å². The van der Waals surface area contributed by atoms with E-state index in [0.717, 1.165) is 10.9 Å². The first kappa shape index (κ1) is 13.6. The quantitative estimate of drug-likeness (QED) is 0.903. The molecule has 1 heterocycles. The lowest BCUT2D eigenvalue weighted by Gasteiger charge is -2.33. The van der Waals surface area contributed by atoms with Gasteiger partial charge in [-0.3, -0.25) is 4.98 Å². The summed E-state index contributed by atoms with van der Waals surface area (Å²) in [7, 11) is 3.69. The maximum absolute atomic E-state index is 5.50. The van der Waals surface area contributed by atoms with Gasteiger partial charge in [0.25, 0.3) is 0 Å². The van der Waals surface area contributed by atoms with Crippen LogP contribution < -0.4 is 5.32 Å². The summed E-state index contributed by atoms with van der Waals surface area (Å²) in [5, 5.41) is 3.29. The summed E-state index contributed by atoms with van der Waals surface area (Å²) in [6.45, 7) is 4.17. The van der Waals surface area contributed by atoms with Gasteiger partial charge in [0, 0.05) is 30.0 Å². The lowest BCUT2D eigenvalue weighted by Crippen LogP contribution is -2.48. The largest absolute Gasteiger partial charge is 0.377 e. The summed E-state index contributed by atoms with van der Waals surface area (Å²) in [6.07, 6.45) is 4.57. The minimum Gasteiger partial charge on any atom is -0.377 e. The molecule has 0 spiro atoms. The van der Waals surface area contributed by atoms with Gasteiger partial charge in [0.15, 0.2) is 0 Å². The van der Waals surface area contributed by atoms with Crippen molar-refractivity contribution >= 4 is 15.9 Å². The van der Waals surface area contributed by atoms with Gasteiger partial charge < -0.3 is 10.1 Å². The third-order valence-corrected chi connectivity index (χ3v) is 3.35. The highest BCUT2D eigenvalue weighted by Gasteiger charge is 2.28. The molecule has 1 atom stereocenters. The smallest absolute Gasteiger partial charge is 0.0778 e. The molecule has 1 rings (SSSR count).